The molecule has 1 aromatic carbocycles. The minimum Gasteiger partial charge on any atom is -0.408 e. The van der Waals surface area contributed by atoms with Gasteiger partial charge in [0, 0.05) is 5.69 Å². The van der Waals surface area contributed by atoms with E-state index in [2.05, 4.69) is 10.3 Å². The minimum absolute atomic E-state index is 0. The summed E-state index contributed by atoms with van der Waals surface area (Å²) in [4.78, 5) is 25.3. The highest BCUT2D eigenvalue weighted by Gasteiger charge is 2.17. The van der Waals surface area contributed by atoms with Gasteiger partial charge in [-0.15, -0.1) is 12.4 Å². The van der Waals surface area contributed by atoms with Gasteiger partial charge in [0.2, 0.25) is 5.91 Å². The highest BCUT2D eigenvalue weighted by atomic mass is 35.5. The van der Waals surface area contributed by atoms with Crippen molar-refractivity contribution in [2.24, 2.45) is 11.7 Å². The van der Waals surface area contributed by atoms with Gasteiger partial charge < -0.3 is 15.5 Å². The fraction of sp³-hybridized carbons (Fsp3) is 0.333. The monoisotopic (exact) mass is 285 g/mol. The number of nitrogens with one attached hydrogen (secondary N) is 2. The molecule has 1 amide bonds. The molecular weight excluding hydrogens is 270 g/mol. The highest BCUT2D eigenvalue weighted by molar-refractivity contribution is 5.96. The summed E-state index contributed by atoms with van der Waals surface area (Å²) >= 11 is 0. The smallest absolute Gasteiger partial charge is 0.408 e. The van der Waals surface area contributed by atoms with Crippen LogP contribution in [0.15, 0.2) is 27.4 Å². The molecule has 0 radical (unpaired) electrons. The number of carbonyl (C=O) groups is 1. The quantitative estimate of drug-likeness (QED) is 0.794. The Balaban J connectivity index is 0.00000180. The maximum Gasteiger partial charge on any atom is 0.417 e. The van der Waals surface area contributed by atoms with Gasteiger partial charge in [0.05, 0.1) is 11.6 Å². The van der Waals surface area contributed by atoms with E-state index in [0.717, 1.165) is 0 Å². The van der Waals surface area contributed by atoms with E-state index in [-0.39, 0.29) is 24.2 Å². The van der Waals surface area contributed by atoms with Gasteiger partial charge in [-0.25, -0.2) is 4.79 Å². The number of hydrogen-bond acceptors (Lipinski definition) is 4. The average Bonchev–Trinajstić information content (AvgIpc) is 2.67. The van der Waals surface area contributed by atoms with Crippen molar-refractivity contribution in [2.45, 2.75) is 19.9 Å². The molecule has 0 aliphatic heterocycles. The lowest BCUT2D eigenvalue weighted by molar-refractivity contribution is -0.118. The van der Waals surface area contributed by atoms with Crippen molar-refractivity contribution in [1.82, 2.24) is 4.98 Å². The number of aromatic amines is 1. The topological polar surface area (TPSA) is 101 Å². The number of anilines is 1. The van der Waals surface area contributed by atoms with E-state index in [0.29, 0.717) is 16.8 Å². The first kappa shape index (κ1) is 15.3. The van der Waals surface area contributed by atoms with Crippen LogP contribution in [0.2, 0.25) is 0 Å². The van der Waals surface area contributed by atoms with Crippen LogP contribution in [0, 0.1) is 5.92 Å². The van der Waals surface area contributed by atoms with Crippen LogP contribution in [0.3, 0.4) is 0 Å². The van der Waals surface area contributed by atoms with Gasteiger partial charge in [0.15, 0.2) is 5.58 Å². The van der Waals surface area contributed by atoms with Crippen LogP contribution >= 0.6 is 12.4 Å². The summed E-state index contributed by atoms with van der Waals surface area (Å²) in [6.45, 7) is 3.75. The zero-order chi connectivity index (χ0) is 13.3. The molecule has 7 heteroatoms. The molecule has 4 N–H and O–H groups in total. The fourth-order valence-corrected chi connectivity index (χ4v) is 1.56. The van der Waals surface area contributed by atoms with E-state index in [1.807, 2.05) is 13.8 Å². The van der Waals surface area contributed by atoms with Gasteiger partial charge in [-0.1, -0.05) is 13.8 Å². The van der Waals surface area contributed by atoms with Crippen LogP contribution < -0.4 is 16.8 Å². The van der Waals surface area contributed by atoms with E-state index in [4.69, 9.17) is 10.2 Å². The number of oxazole rings is 1. The van der Waals surface area contributed by atoms with E-state index in [9.17, 15) is 9.59 Å². The van der Waals surface area contributed by atoms with Crippen LogP contribution in [-0.2, 0) is 4.79 Å². The Kier molecular flexibility index (Phi) is 4.74. The first-order valence-electron chi connectivity index (χ1n) is 5.66. The molecule has 6 nitrogen and oxygen atoms in total. The van der Waals surface area contributed by atoms with E-state index in [1.165, 1.54) is 0 Å². The Labute approximate surface area is 115 Å². The second-order valence-electron chi connectivity index (χ2n) is 4.48. The predicted molar refractivity (Wildman–Crippen MR) is 75.5 cm³/mol. The van der Waals surface area contributed by atoms with Crippen LogP contribution in [0.1, 0.15) is 13.8 Å². The standard InChI is InChI=1S/C12H15N3O3.ClH/c1-6(2)10(13)11(16)14-7-3-4-9-8(5-7)15-12(17)18-9;/h3-6,10H,13H2,1-2H3,(H,14,16)(H,15,17);1H/t10-;/m0./s1. The molecular formula is C12H16ClN3O3. The van der Waals surface area contributed by atoms with Crippen molar-refractivity contribution in [2.75, 3.05) is 5.32 Å². The molecule has 0 aliphatic rings. The summed E-state index contributed by atoms with van der Waals surface area (Å²) in [7, 11) is 0. The molecule has 104 valence electrons. The Morgan fingerprint density at radius 1 is 1.42 bits per heavy atom. The lowest BCUT2D eigenvalue weighted by atomic mass is 10.0. The van der Waals surface area contributed by atoms with Gasteiger partial charge in [-0.3, -0.25) is 9.78 Å². The molecule has 1 heterocycles. The van der Waals surface area contributed by atoms with Gasteiger partial charge in [0.1, 0.15) is 0 Å². The molecule has 0 bridgehead atoms. The van der Waals surface area contributed by atoms with Gasteiger partial charge in [-0.05, 0) is 24.1 Å². The van der Waals surface area contributed by atoms with Crippen molar-refractivity contribution in [3.63, 3.8) is 0 Å². The summed E-state index contributed by atoms with van der Waals surface area (Å²) in [5.41, 5.74) is 7.29. The maximum absolute atomic E-state index is 11.8. The number of benzene rings is 1. The van der Waals surface area contributed by atoms with Crippen molar-refractivity contribution < 1.29 is 9.21 Å². The molecule has 0 spiro atoms. The summed E-state index contributed by atoms with van der Waals surface area (Å²) < 4.78 is 4.87. The second kappa shape index (κ2) is 5.90. The third-order valence-corrected chi connectivity index (χ3v) is 2.71. The number of amides is 1. The van der Waals surface area contributed by atoms with E-state index >= 15 is 0 Å². The molecule has 2 rings (SSSR count). The van der Waals surface area contributed by atoms with Crippen LogP contribution in [0.4, 0.5) is 5.69 Å². The van der Waals surface area contributed by atoms with Gasteiger partial charge in [-0.2, -0.15) is 0 Å². The van der Waals surface area contributed by atoms with Crippen LogP contribution in [-0.4, -0.2) is 16.9 Å². The molecule has 1 atom stereocenters. The number of aromatic nitrogens is 1. The Bertz CT molecular complexity index is 632. The molecule has 0 saturated heterocycles. The van der Waals surface area contributed by atoms with Crippen molar-refractivity contribution >= 4 is 35.1 Å². The van der Waals surface area contributed by atoms with E-state index in [1.54, 1.807) is 18.2 Å². The van der Waals surface area contributed by atoms with Crippen molar-refractivity contribution in [3.8, 4) is 0 Å². The molecule has 19 heavy (non-hydrogen) atoms. The third-order valence-electron chi connectivity index (χ3n) is 2.71. The lowest BCUT2D eigenvalue weighted by Gasteiger charge is -2.15. The molecule has 0 saturated carbocycles. The largest absolute Gasteiger partial charge is 0.417 e. The highest BCUT2D eigenvalue weighted by Crippen LogP contribution is 2.16. The summed E-state index contributed by atoms with van der Waals surface area (Å²) in [6, 6.07) is 4.34. The lowest BCUT2D eigenvalue weighted by Crippen LogP contribution is -2.39. The van der Waals surface area contributed by atoms with Crippen LogP contribution in [0.5, 0.6) is 0 Å². The zero-order valence-corrected chi connectivity index (χ0v) is 11.4. The van der Waals surface area contributed by atoms with E-state index < -0.39 is 11.8 Å². The minimum atomic E-state index is -0.566. The Morgan fingerprint density at radius 3 is 2.74 bits per heavy atom. The third kappa shape index (κ3) is 3.36. The van der Waals surface area contributed by atoms with Crippen molar-refractivity contribution in [3.05, 3.63) is 28.7 Å². The van der Waals surface area contributed by atoms with Gasteiger partial charge >= 0.3 is 5.76 Å². The number of hydrogen-bond donors (Lipinski definition) is 3. The summed E-state index contributed by atoms with van der Waals surface area (Å²) in [5, 5.41) is 2.70. The average molecular weight is 286 g/mol. The molecule has 0 aliphatic carbocycles. The normalized spacial score (nSPS) is 12.2. The van der Waals surface area contributed by atoms with Crippen molar-refractivity contribution in [1.29, 1.82) is 0 Å². The number of H-pyrrole nitrogens is 1. The Morgan fingerprint density at radius 2 is 2.11 bits per heavy atom. The number of fused-ring (bicyclic) bond motifs is 1. The number of nitrogens with two attached hydrogens (primary N) is 1. The first-order valence-corrected chi connectivity index (χ1v) is 5.66. The first-order chi connectivity index (χ1) is 8.47. The maximum atomic E-state index is 11.8. The number of halogens is 1. The number of rotatable bonds is 3. The number of carbonyl (C=O) groups excluding carboxylic acids is 1. The zero-order valence-electron chi connectivity index (χ0n) is 10.6. The Hall–Kier alpha value is -1.79. The van der Waals surface area contributed by atoms with Crippen LogP contribution in [0.25, 0.3) is 11.1 Å². The summed E-state index contributed by atoms with van der Waals surface area (Å²) in [5.74, 6) is -0.718. The molecule has 1 aromatic heterocycles. The molecule has 0 fully saturated rings. The molecule has 0 unspecified atom stereocenters. The second-order valence-corrected chi connectivity index (χ2v) is 4.48. The SMILES string of the molecule is CC(C)[C@H](N)C(=O)Nc1ccc2oc(=O)[nH]c2c1.Cl. The molecule has 2 aromatic rings. The van der Waals surface area contributed by atoms with Gasteiger partial charge in [0.25, 0.3) is 0 Å². The fourth-order valence-electron chi connectivity index (χ4n) is 1.56. The summed E-state index contributed by atoms with van der Waals surface area (Å²) in [6.07, 6.45) is 0. The predicted octanol–water partition coefficient (Wildman–Crippen LogP) is 1.46.